The first-order valence-corrected chi connectivity index (χ1v) is 8.89. The number of urea groups is 1. The van der Waals surface area contributed by atoms with Gasteiger partial charge in [-0.1, -0.05) is 0 Å². The second kappa shape index (κ2) is 8.85. The van der Waals surface area contributed by atoms with Crippen molar-refractivity contribution in [3.8, 4) is 0 Å². The predicted molar refractivity (Wildman–Crippen MR) is 107 cm³/mol. The van der Waals surface area contributed by atoms with Gasteiger partial charge in [0.1, 0.15) is 11.4 Å². The molecule has 0 aliphatic carbocycles. The van der Waals surface area contributed by atoms with Crippen LogP contribution in [0.25, 0.3) is 11.0 Å². The minimum atomic E-state index is -0.440. The van der Waals surface area contributed by atoms with Crippen molar-refractivity contribution >= 4 is 40.4 Å². The molecule has 0 spiro atoms. The molecular formula is C19H22N6O3. The van der Waals surface area contributed by atoms with Gasteiger partial charge in [-0.05, 0) is 37.6 Å². The highest BCUT2D eigenvalue weighted by Gasteiger charge is 2.08. The number of nitrogens with one attached hydrogen (secondary N) is 4. The number of fused-ring (bicyclic) bond motifs is 1. The number of rotatable bonds is 7. The van der Waals surface area contributed by atoms with E-state index in [1.165, 1.54) is 6.92 Å². The molecule has 3 rings (SSSR count). The van der Waals surface area contributed by atoms with E-state index in [-0.39, 0.29) is 11.9 Å². The van der Waals surface area contributed by atoms with Gasteiger partial charge in [-0.25, -0.2) is 9.78 Å². The summed E-state index contributed by atoms with van der Waals surface area (Å²) < 4.78 is 5.28. The van der Waals surface area contributed by atoms with Crippen LogP contribution in [0.4, 0.5) is 22.2 Å². The first-order valence-electron chi connectivity index (χ1n) is 8.89. The van der Waals surface area contributed by atoms with E-state index in [9.17, 15) is 9.59 Å². The minimum Gasteiger partial charge on any atom is -0.464 e. The molecule has 1 aromatic carbocycles. The number of furan rings is 1. The molecule has 0 saturated heterocycles. The van der Waals surface area contributed by atoms with E-state index in [0.29, 0.717) is 24.6 Å². The summed E-state index contributed by atoms with van der Waals surface area (Å²) in [6.07, 6.45) is 2.35. The molecule has 0 bridgehead atoms. The van der Waals surface area contributed by atoms with Gasteiger partial charge in [-0.3, -0.25) is 10.1 Å². The summed E-state index contributed by atoms with van der Waals surface area (Å²) in [6, 6.07) is 8.53. The normalized spacial score (nSPS) is 10.5. The largest absolute Gasteiger partial charge is 0.464 e. The van der Waals surface area contributed by atoms with E-state index in [4.69, 9.17) is 4.42 Å². The molecular weight excluding hydrogens is 360 g/mol. The fourth-order valence-corrected chi connectivity index (χ4v) is 2.59. The Balaban J connectivity index is 1.56. The summed E-state index contributed by atoms with van der Waals surface area (Å²) in [7, 11) is 0. The molecule has 146 valence electrons. The molecule has 9 heteroatoms. The number of hydrogen-bond acceptors (Lipinski definition) is 6. The Kier molecular flexibility index (Phi) is 6.05. The SMILES string of the molecule is CC(=O)NCCCNc1cc(C)nc(NC(=O)Nc2ccc3occc3c2)n1. The highest BCUT2D eigenvalue weighted by atomic mass is 16.3. The van der Waals surface area contributed by atoms with Crippen molar-refractivity contribution in [1.29, 1.82) is 0 Å². The summed E-state index contributed by atoms with van der Waals surface area (Å²) in [5.41, 5.74) is 2.10. The lowest BCUT2D eigenvalue weighted by molar-refractivity contribution is -0.118. The lowest BCUT2D eigenvalue weighted by Gasteiger charge is -2.10. The molecule has 9 nitrogen and oxygen atoms in total. The van der Waals surface area contributed by atoms with Crippen molar-refractivity contribution in [3.05, 3.63) is 42.3 Å². The Morgan fingerprint density at radius 2 is 1.93 bits per heavy atom. The number of aromatic nitrogens is 2. The lowest BCUT2D eigenvalue weighted by Crippen LogP contribution is -2.23. The number of amides is 3. The van der Waals surface area contributed by atoms with Gasteiger partial charge in [0.05, 0.1) is 6.26 Å². The first-order chi connectivity index (χ1) is 13.5. The predicted octanol–water partition coefficient (Wildman–Crippen LogP) is 3.11. The summed E-state index contributed by atoms with van der Waals surface area (Å²) in [5.74, 6) is 0.749. The molecule has 0 aliphatic heterocycles. The van der Waals surface area contributed by atoms with Crippen LogP contribution < -0.4 is 21.3 Å². The lowest BCUT2D eigenvalue weighted by atomic mass is 10.2. The average molecular weight is 382 g/mol. The molecule has 3 amide bonds. The minimum absolute atomic E-state index is 0.0534. The molecule has 0 saturated carbocycles. The Morgan fingerprint density at radius 3 is 2.75 bits per heavy atom. The number of carbonyl (C=O) groups is 2. The summed E-state index contributed by atoms with van der Waals surface area (Å²) >= 11 is 0. The zero-order valence-corrected chi connectivity index (χ0v) is 15.7. The maximum atomic E-state index is 12.3. The number of hydrogen-bond donors (Lipinski definition) is 4. The molecule has 0 aliphatic rings. The second-order valence-electron chi connectivity index (χ2n) is 6.23. The Bertz CT molecular complexity index is 985. The van der Waals surface area contributed by atoms with E-state index in [1.807, 2.05) is 19.1 Å². The Morgan fingerprint density at radius 1 is 1.07 bits per heavy atom. The van der Waals surface area contributed by atoms with Crippen molar-refractivity contribution < 1.29 is 14.0 Å². The van der Waals surface area contributed by atoms with Crippen molar-refractivity contribution in [2.45, 2.75) is 20.3 Å². The van der Waals surface area contributed by atoms with Crippen LogP contribution in [0.3, 0.4) is 0 Å². The van der Waals surface area contributed by atoms with Crippen LogP contribution in [0.1, 0.15) is 19.0 Å². The molecule has 0 atom stereocenters. The number of anilines is 3. The van der Waals surface area contributed by atoms with E-state index in [2.05, 4.69) is 31.2 Å². The molecule has 3 aromatic rings. The molecule has 0 radical (unpaired) electrons. The van der Waals surface area contributed by atoms with Gasteiger partial charge < -0.3 is 20.4 Å². The van der Waals surface area contributed by atoms with E-state index in [0.717, 1.165) is 23.1 Å². The average Bonchev–Trinajstić information content (AvgIpc) is 3.08. The summed E-state index contributed by atoms with van der Waals surface area (Å²) in [6.45, 7) is 4.52. The van der Waals surface area contributed by atoms with Crippen molar-refractivity contribution in [2.24, 2.45) is 0 Å². The zero-order chi connectivity index (χ0) is 19.9. The van der Waals surface area contributed by atoms with E-state index in [1.54, 1.807) is 24.5 Å². The highest BCUT2D eigenvalue weighted by molar-refractivity contribution is 6.00. The molecule has 0 unspecified atom stereocenters. The fraction of sp³-hybridized carbons (Fsp3) is 0.263. The van der Waals surface area contributed by atoms with Gasteiger partial charge in [-0.2, -0.15) is 4.98 Å². The van der Waals surface area contributed by atoms with E-state index >= 15 is 0 Å². The fourth-order valence-electron chi connectivity index (χ4n) is 2.59. The van der Waals surface area contributed by atoms with Gasteiger partial charge >= 0.3 is 6.03 Å². The summed E-state index contributed by atoms with van der Waals surface area (Å²) in [4.78, 5) is 31.6. The smallest absolute Gasteiger partial charge is 0.326 e. The van der Waals surface area contributed by atoms with E-state index < -0.39 is 6.03 Å². The number of benzene rings is 1. The zero-order valence-electron chi connectivity index (χ0n) is 15.7. The van der Waals surface area contributed by atoms with Crippen LogP contribution in [0.2, 0.25) is 0 Å². The van der Waals surface area contributed by atoms with Crippen LogP contribution in [0.5, 0.6) is 0 Å². The van der Waals surface area contributed by atoms with Crippen molar-refractivity contribution in [3.63, 3.8) is 0 Å². The quantitative estimate of drug-likeness (QED) is 0.466. The van der Waals surface area contributed by atoms with Gasteiger partial charge in [0.25, 0.3) is 0 Å². The number of aryl methyl sites for hydroxylation is 1. The number of nitrogens with zero attached hydrogens (tertiary/aromatic N) is 2. The van der Waals surface area contributed by atoms with Crippen molar-refractivity contribution in [1.82, 2.24) is 15.3 Å². The van der Waals surface area contributed by atoms with Gasteiger partial charge in [0, 0.05) is 42.8 Å². The second-order valence-corrected chi connectivity index (χ2v) is 6.23. The maximum absolute atomic E-state index is 12.3. The number of carbonyl (C=O) groups excluding carboxylic acids is 2. The third kappa shape index (κ3) is 5.44. The van der Waals surface area contributed by atoms with Crippen LogP contribution in [-0.2, 0) is 4.79 Å². The third-order valence-corrected chi connectivity index (χ3v) is 3.82. The first kappa shape index (κ1) is 19.2. The van der Waals surface area contributed by atoms with Gasteiger partial charge in [0.2, 0.25) is 11.9 Å². The standard InChI is InChI=1S/C19H22N6O3/c1-12-10-17(21-8-3-7-20-13(2)26)24-18(22-12)25-19(27)23-15-4-5-16-14(11-15)6-9-28-16/h4-6,9-11H,3,7-8H2,1-2H3,(H,20,26)(H3,21,22,23,24,25,27). The van der Waals surface area contributed by atoms with Crippen LogP contribution in [0, 0.1) is 6.92 Å². The van der Waals surface area contributed by atoms with Crippen LogP contribution in [-0.4, -0.2) is 35.0 Å². The molecule has 0 fully saturated rings. The summed E-state index contributed by atoms with van der Waals surface area (Å²) in [5, 5.41) is 12.2. The molecule has 2 aromatic heterocycles. The Hall–Kier alpha value is -3.62. The van der Waals surface area contributed by atoms with Crippen LogP contribution >= 0.6 is 0 Å². The monoisotopic (exact) mass is 382 g/mol. The Labute approximate surface area is 161 Å². The molecule has 2 heterocycles. The van der Waals surface area contributed by atoms with Gasteiger partial charge in [-0.15, -0.1) is 0 Å². The van der Waals surface area contributed by atoms with Crippen LogP contribution in [0.15, 0.2) is 41.0 Å². The van der Waals surface area contributed by atoms with Crippen molar-refractivity contribution in [2.75, 3.05) is 29.0 Å². The highest BCUT2D eigenvalue weighted by Crippen LogP contribution is 2.20. The molecule has 28 heavy (non-hydrogen) atoms. The third-order valence-electron chi connectivity index (χ3n) is 3.82. The maximum Gasteiger partial charge on any atom is 0.326 e. The topological polar surface area (TPSA) is 121 Å². The van der Waals surface area contributed by atoms with Gasteiger partial charge in [0.15, 0.2) is 0 Å². The molecule has 4 N–H and O–H groups in total.